The fourth-order valence-electron chi connectivity index (χ4n) is 0.150. The summed E-state index contributed by atoms with van der Waals surface area (Å²) >= 11 is 0. The molecule has 0 saturated heterocycles. The Morgan fingerprint density at radius 2 is 1.11 bits per heavy atom. The molecule has 0 amide bonds. The predicted octanol–water partition coefficient (Wildman–Crippen LogP) is -0.516. The second-order valence-electron chi connectivity index (χ2n) is 3.37. The molecule has 5 N–H and O–H groups in total. The minimum absolute atomic E-state index is 0.181. The standard InChI is InChI=1S/C5H12O3.2C3H4O2/c1-5(2-6,3-7)4-8;2*1-2-3(4)5/h6-8H,2-4H2,1H3;2*2H,1H2,(H,4,5). The molecule has 7 heteroatoms. The molecule has 0 spiro atoms. The van der Waals surface area contributed by atoms with Crippen molar-refractivity contribution in [3.8, 4) is 0 Å². The average molecular weight is 264 g/mol. The van der Waals surface area contributed by atoms with E-state index in [2.05, 4.69) is 13.2 Å². The number of carboxylic acids is 2. The molecular formula is C11H20O7. The number of aliphatic hydroxyl groups is 3. The van der Waals surface area contributed by atoms with Gasteiger partial charge in [-0.3, -0.25) is 0 Å². The lowest BCUT2D eigenvalue weighted by Crippen LogP contribution is -2.29. The summed E-state index contributed by atoms with van der Waals surface area (Å²) in [6.45, 7) is 6.98. The molecule has 0 unspecified atom stereocenters. The minimum atomic E-state index is -0.981. The van der Waals surface area contributed by atoms with Crippen molar-refractivity contribution in [2.75, 3.05) is 19.8 Å². The van der Waals surface area contributed by atoms with Crippen LogP contribution in [0.15, 0.2) is 25.3 Å². The van der Waals surface area contributed by atoms with Gasteiger partial charge in [0.1, 0.15) is 0 Å². The Kier molecular flexibility index (Phi) is 16.0. The van der Waals surface area contributed by atoms with Gasteiger partial charge in [-0.25, -0.2) is 9.59 Å². The van der Waals surface area contributed by atoms with Crippen LogP contribution in [-0.4, -0.2) is 57.3 Å². The van der Waals surface area contributed by atoms with Crippen LogP contribution in [0.5, 0.6) is 0 Å². The maximum Gasteiger partial charge on any atom is 0.327 e. The van der Waals surface area contributed by atoms with Crippen LogP contribution >= 0.6 is 0 Å². The van der Waals surface area contributed by atoms with Crippen LogP contribution in [0.3, 0.4) is 0 Å². The Balaban J connectivity index is -0.000000197. The second-order valence-corrected chi connectivity index (χ2v) is 3.37. The Morgan fingerprint density at radius 3 is 1.11 bits per heavy atom. The molecule has 0 bridgehead atoms. The van der Waals surface area contributed by atoms with Crippen molar-refractivity contribution in [1.82, 2.24) is 0 Å². The van der Waals surface area contributed by atoms with Gasteiger partial charge in [0.15, 0.2) is 0 Å². The van der Waals surface area contributed by atoms with Gasteiger partial charge in [-0.15, -0.1) is 0 Å². The maximum atomic E-state index is 9.25. The summed E-state index contributed by atoms with van der Waals surface area (Å²) in [5.41, 5.74) is -0.708. The lowest BCUT2D eigenvalue weighted by molar-refractivity contribution is -0.132. The molecule has 0 aliphatic heterocycles. The van der Waals surface area contributed by atoms with E-state index in [0.29, 0.717) is 0 Å². The number of carboxylic acid groups (broad SMARTS) is 2. The third kappa shape index (κ3) is 19.8. The van der Waals surface area contributed by atoms with Gasteiger partial charge in [-0.05, 0) is 0 Å². The Hall–Kier alpha value is -1.70. The van der Waals surface area contributed by atoms with Crippen LogP contribution in [0.25, 0.3) is 0 Å². The van der Waals surface area contributed by atoms with Crippen molar-refractivity contribution in [2.24, 2.45) is 5.41 Å². The third-order valence-corrected chi connectivity index (χ3v) is 1.49. The van der Waals surface area contributed by atoms with Gasteiger partial charge in [0.2, 0.25) is 0 Å². The highest BCUT2D eigenvalue weighted by atomic mass is 16.4. The molecule has 0 aliphatic carbocycles. The molecular weight excluding hydrogens is 244 g/mol. The summed E-state index contributed by atoms with van der Waals surface area (Å²) in [7, 11) is 0. The number of carbonyl (C=O) groups is 2. The normalized spacial score (nSPS) is 8.89. The van der Waals surface area contributed by atoms with E-state index >= 15 is 0 Å². The molecule has 0 aromatic heterocycles. The van der Waals surface area contributed by atoms with E-state index in [1.807, 2.05) is 0 Å². The summed E-state index contributed by atoms with van der Waals surface area (Å²) in [4.78, 5) is 18.5. The largest absolute Gasteiger partial charge is 0.478 e. The molecule has 0 aliphatic rings. The molecule has 106 valence electrons. The Bertz CT molecular complexity index is 230. The first kappa shape index (κ1) is 21.6. The number of hydrogen-bond acceptors (Lipinski definition) is 5. The highest BCUT2D eigenvalue weighted by Gasteiger charge is 2.20. The predicted molar refractivity (Wildman–Crippen MR) is 65.0 cm³/mol. The van der Waals surface area contributed by atoms with E-state index in [-0.39, 0.29) is 19.8 Å². The van der Waals surface area contributed by atoms with E-state index in [1.165, 1.54) is 0 Å². The van der Waals surface area contributed by atoms with Gasteiger partial charge in [0, 0.05) is 17.6 Å². The molecule has 0 aromatic carbocycles. The Morgan fingerprint density at radius 1 is 0.944 bits per heavy atom. The van der Waals surface area contributed by atoms with Crippen LogP contribution in [0.4, 0.5) is 0 Å². The van der Waals surface area contributed by atoms with Gasteiger partial charge in [-0.1, -0.05) is 20.1 Å². The zero-order chi connectivity index (χ0) is 15.2. The number of hydrogen-bond donors (Lipinski definition) is 5. The van der Waals surface area contributed by atoms with Crippen molar-refractivity contribution < 1.29 is 35.1 Å². The monoisotopic (exact) mass is 264 g/mol. The smallest absolute Gasteiger partial charge is 0.327 e. The highest BCUT2D eigenvalue weighted by Crippen LogP contribution is 2.10. The topological polar surface area (TPSA) is 135 Å². The van der Waals surface area contributed by atoms with E-state index in [1.54, 1.807) is 6.92 Å². The molecule has 0 heterocycles. The molecule has 0 rings (SSSR count). The first-order valence-electron chi connectivity index (χ1n) is 4.76. The van der Waals surface area contributed by atoms with E-state index in [9.17, 15) is 9.59 Å². The molecule has 0 radical (unpaired) electrons. The summed E-state index contributed by atoms with van der Waals surface area (Å²) in [5.74, 6) is -1.96. The molecule has 18 heavy (non-hydrogen) atoms. The third-order valence-electron chi connectivity index (χ3n) is 1.49. The van der Waals surface area contributed by atoms with Crippen molar-refractivity contribution in [3.05, 3.63) is 25.3 Å². The molecule has 0 atom stereocenters. The molecule has 7 nitrogen and oxygen atoms in total. The van der Waals surface area contributed by atoms with Gasteiger partial charge >= 0.3 is 11.9 Å². The SMILES string of the molecule is C=CC(=O)O.C=CC(=O)O.CC(CO)(CO)CO. The first-order valence-corrected chi connectivity index (χ1v) is 4.76. The second kappa shape index (κ2) is 13.4. The van der Waals surface area contributed by atoms with Crippen molar-refractivity contribution in [3.63, 3.8) is 0 Å². The van der Waals surface area contributed by atoms with Crippen LogP contribution in [0.1, 0.15) is 6.92 Å². The summed E-state index contributed by atoms with van der Waals surface area (Å²) in [6.07, 6.45) is 1.67. The van der Waals surface area contributed by atoms with Crippen molar-refractivity contribution in [1.29, 1.82) is 0 Å². The van der Waals surface area contributed by atoms with E-state index in [0.717, 1.165) is 12.2 Å². The van der Waals surface area contributed by atoms with Crippen LogP contribution in [0, 0.1) is 5.41 Å². The summed E-state index contributed by atoms with van der Waals surface area (Å²) < 4.78 is 0. The average Bonchev–Trinajstić information content (AvgIpc) is 2.39. The van der Waals surface area contributed by atoms with Crippen molar-refractivity contribution >= 4 is 11.9 Å². The molecule has 0 saturated carbocycles. The summed E-state index contributed by atoms with van der Waals surface area (Å²) in [5, 5.41) is 40.6. The van der Waals surface area contributed by atoms with Gasteiger partial charge in [-0.2, -0.15) is 0 Å². The van der Waals surface area contributed by atoms with Crippen molar-refractivity contribution in [2.45, 2.75) is 6.92 Å². The van der Waals surface area contributed by atoms with Crippen LogP contribution in [0.2, 0.25) is 0 Å². The summed E-state index contributed by atoms with van der Waals surface area (Å²) in [6, 6.07) is 0. The fourth-order valence-corrected chi connectivity index (χ4v) is 0.150. The zero-order valence-electron chi connectivity index (χ0n) is 10.2. The van der Waals surface area contributed by atoms with Gasteiger partial charge in [0.05, 0.1) is 19.8 Å². The van der Waals surface area contributed by atoms with E-state index in [4.69, 9.17) is 25.5 Å². The number of aliphatic carboxylic acids is 2. The molecule has 0 fully saturated rings. The highest BCUT2D eigenvalue weighted by molar-refractivity contribution is 5.79. The molecule has 0 aromatic rings. The number of rotatable bonds is 5. The lowest BCUT2D eigenvalue weighted by atomic mass is 9.95. The van der Waals surface area contributed by atoms with E-state index < -0.39 is 17.4 Å². The minimum Gasteiger partial charge on any atom is -0.478 e. The first-order chi connectivity index (χ1) is 8.22. The van der Waals surface area contributed by atoms with Crippen LogP contribution < -0.4 is 0 Å². The number of aliphatic hydroxyl groups excluding tert-OH is 3. The fraction of sp³-hybridized carbons (Fsp3) is 0.455. The zero-order valence-corrected chi connectivity index (χ0v) is 10.2. The quantitative estimate of drug-likeness (QED) is 0.422. The van der Waals surface area contributed by atoms with Crippen LogP contribution in [-0.2, 0) is 9.59 Å². The van der Waals surface area contributed by atoms with Gasteiger partial charge in [0.25, 0.3) is 0 Å². The lowest BCUT2D eigenvalue weighted by Gasteiger charge is -2.20. The Labute approximate surface area is 105 Å². The van der Waals surface area contributed by atoms with Gasteiger partial charge < -0.3 is 25.5 Å². The maximum absolute atomic E-state index is 9.25.